The van der Waals surface area contributed by atoms with Gasteiger partial charge in [-0.1, -0.05) is 42.8 Å². The Balaban J connectivity index is 1.63. The van der Waals surface area contributed by atoms with Gasteiger partial charge >= 0.3 is 0 Å². The van der Waals surface area contributed by atoms with Crippen molar-refractivity contribution < 1.29 is 9.69 Å². The van der Waals surface area contributed by atoms with Crippen LogP contribution in [0.25, 0.3) is 5.70 Å². The summed E-state index contributed by atoms with van der Waals surface area (Å²) in [4.78, 5) is 26.3. The number of nitrogens with two attached hydrogens (primary N) is 2. The SMILES string of the molecule is N/C(=C\N(N)CCCCCC(=O)P(O)Cc1ccccc1)c1ccccn1. The van der Waals surface area contributed by atoms with Crippen molar-refractivity contribution in [3.05, 3.63) is 72.2 Å². The lowest BCUT2D eigenvalue weighted by Gasteiger charge is -2.15. The lowest BCUT2D eigenvalue weighted by Crippen LogP contribution is -2.27. The number of aromatic nitrogens is 1. The van der Waals surface area contributed by atoms with E-state index in [0.29, 0.717) is 30.5 Å². The fourth-order valence-electron chi connectivity index (χ4n) is 2.56. The van der Waals surface area contributed by atoms with Crippen LogP contribution < -0.4 is 11.6 Å². The van der Waals surface area contributed by atoms with E-state index in [-0.39, 0.29) is 5.52 Å². The number of hydrogen-bond acceptors (Lipinski definition) is 6. The van der Waals surface area contributed by atoms with Crippen LogP contribution in [-0.2, 0) is 11.0 Å². The Kier molecular flexibility index (Phi) is 8.92. The molecule has 0 aliphatic carbocycles. The van der Waals surface area contributed by atoms with E-state index in [9.17, 15) is 9.69 Å². The summed E-state index contributed by atoms with van der Waals surface area (Å²) < 4.78 is 0. The second kappa shape index (κ2) is 11.4. The van der Waals surface area contributed by atoms with Crippen molar-refractivity contribution in [2.75, 3.05) is 6.54 Å². The van der Waals surface area contributed by atoms with Gasteiger partial charge in [-0.25, -0.2) is 5.84 Å². The first-order valence-electron chi connectivity index (χ1n) is 8.99. The van der Waals surface area contributed by atoms with Gasteiger partial charge in [-0.15, -0.1) is 0 Å². The van der Waals surface area contributed by atoms with E-state index in [1.165, 1.54) is 0 Å². The van der Waals surface area contributed by atoms with Crippen LogP contribution in [0.2, 0.25) is 0 Å². The Hall–Kier alpha value is -2.27. The molecule has 0 spiro atoms. The van der Waals surface area contributed by atoms with Crippen LogP contribution in [0, 0.1) is 0 Å². The van der Waals surface area contributed by atoms with Gasteiger partial charge in [0.1, 0.15) is 0 Å². The van der Waals surface area contributed by atoms with Crippen molar-refractivity contribution >= 4 is 19.4 Å². The summed E-state index contributed by atoms with van der Waals surface area (Å²) >= 11 is 0. The van der Waals surface area contributed by atoms with Gasteiger partial charge in [-0.2, -0.15) is 0 Å². The number of hydrazine groups is 1. The molecule has 1 unspecified atom stereocenters. The molecule has 1 atom stereocenters. The average Bonchev–Trinajstić information content (AvgIpc) is 2.69. The fourth-order valence-corrected chi connectivity index (χ4v) is 3.71. The number of pyridine rings is 1. The van der Waals surface area contributed by atoms with Gasteiger partial charge in [-0.3, -0.25) is 9.78 Å². The van der Waals surface area contributed by atoms with Crippen LogP contribution in [0.3, 0.4) is 0 Å². The highest BCUT2D eigenvalue weighted by Gasteiger charge is 2.15. The van der Waals surface area contributed by atoms with Crippen molar-refractivity contribution in [3.63, 3.8) is 0 Å². The molecule has 7 heteroatoms. The molecule has 0 saturated heterocycles. The summed E-state index contributed by atoms with van der Waals surface area (Å²) in [5.74, 6) is 5.93. The van der Waals surface area contributed by atoms with Crippen molar-refractivity contribution in [1.29, 1.82) is 0 Å². The Labute approximate surface area is 161 Å². The third-order valence-corrected chi connectivity index (χ3v) is 5.50. The molecule has 5 N–H and O–H groups in total. The second-order valence-corrected chi connectivity index (χ2v) is 7.90. The molecule has 2 rings (SSSR count). The minimum Gasteiger partial charge on any atom is -0.396 e. The Morgan fingerprint density at radius 3 is 2.56 bits per heavy atom. The number of benzene rings is 1. The fraction of sp³-hybridized carbons (Fsp3) is 0.300. The van der Waals surface area contributed by atoms with E-state index in [4.69, 9.17) is 11.6 Å². The zero-order chi connectivity index (χ0) is 19.5. The van der Waals surface area contributed by atoms with Crippen molar-refractivity contribution in [3.8, 4) is 0 Å². The highest BCUT2D eigenvalue weighted by Crippen LogP contribution is 2.37. The molecule has 1 heterocycles. The maximum Gasteiger partial charge on any atom is 0.181 e. The quantitative estimate of drug-likeness (QED) is 0.237. The van der Waals surface area contributed by atoms with Crippen LogP contribution in [-0.4, -0.2) is 27.0 Å². The van der Waals surface area contributed by atoms with Crippen LogP contribution >= 0.6 is 8.15 Å². The smallest absolute Gasteiger partial charge is 0.181 e. The molecule has 0 bridgehead atoms. The zero-order valence-electron chi connectivity index (χ0n) is 15.4. The Morgan fingerprint density at radius 2 is 1.85 bits per heavy atom. The van der Waals surface area contributed by atoms with Gasteiger partial charge in [0.25, 0.3) is 0 Å². The largest absolute Gasteiger partial charge is 0.396 e. The molecule has 144 valence electrons. The number of nitrogens with zero attached hydrogens (tertiary/aromatic N) is 2. The first kappa shape index (κ1) is 21.0. The van der Waals surface area contributed by atoms with Crippen molar-refractivity contribution in [2.24, 2.45) is 11.6 Å². The van der Waals surface area contributed by atoms with Gasteiger partial charge < -0.3 is 15.6 Å². The number of carbonyl (C=O) groups is 1. The third kappa shape index (κ3) is 7.87. The molecule has 0 aliphatic rings. The molecule has 2 aromatic rings. The molecule has 0 saturated carbocycles. The molecule has 0 radical (unpaired) electrons. The highest BCUT2D eigenvalue weighted by atomic mass is 31.1. The summed E-state index contributed by atoms with van der Waals surface area (Å²) in [6.07, 6.45) is 6.65. The third-order valence-electron chi connectivity index (χ3n) is 4.04. The topological polar surface area (TPSA) is 105 Å². The van der Waals surface area contributed by atoms with E-state index in [1.54, 1.807) is 17.4 Å². The molecule has 6 nitrogen and oxygen atoms in total. The normalized spacial score (nSPS) is 12.6. The van der Waals surface area contributed by atoms with Gasteiger partial charge in [-0.05, 0) is 30.5 Å². The van der Waals surface area contributed by atoms with Crippen LogP contribution in [0.4, 0.5) is 0 Å². The minimum atomic E-state index is -1.60. The average molecular weight is 386 g/mol. The summed E-state index contributed by atoms with van der Waals surface area (Å²) in [6.45, 7) is 0.639. The van der Waals surface area contributed by atoms with Crippen LogP contribution in [0.15, 0.2) is 60.9 Å². The Bertz CT molecular complexity index is 725. The van der Waals surface area contributed by atoms with Crippen LogP contribution in [0.5, 0.6) is 0 Å². The molecular weight excluding hydrogens is 359 g/mol. The highest BCUT2D eigenvalue weighted by molar-refractivity contribution is 7.68. The summed E-state index contributed by atoms with van der Waals surface area (Å²) in [7, 11) is -1.60. The number of carbonyl (C=O) groups excluding carboxylic acids is 1. The van der Waals surface area contributed by atoms with Crippen LogP contribution in [0.1, 0.15) is 36.9 Å². The molecule has 0 fully saturated rings. The zero-order valence-corrected chi connectivity index (χ0v) is 16.3. The van der Waals surface area contributed by atoms with Crippen molar-refractivity contribution in [2.45, 2.75) is 31.8 Å². The summed E-state index contributed by atoms with van der Waals surface area (Å²) in [6, 6.07) is 15.1. The maximum absolute atomic E-state index is 12.1. The lowest BCUT2D eigenvalue weighted by atomic mass is 10.2. The number of rotatable bonds is 11. The van der Waals surface area contributed by atoms with Gasteiger partial charge in [0.2, 0.25) is 0 Å². The van der Waals surface area contributed by atoms with E-state index >= 15 is 0 Å². The molecule has 1 aromatic heterocycles. The van der Waals surface area contributed by atoms with Gasteiger partial charge in [0.15, 0.2) is 5.52 Å². The second-order valence-electron chi connectivity index (χ2n) is 6.28. The number of hydrogen-bond donors (Lipinski definition) is 3. The minimum absolute atomic E-state index is 0.0438. The number of unbranched alkanes of at least 4 members (excludes halogenated alkanes) is 2. The monoisotopic (exact) mass is 386 g/mol. The Morgan fingerprint density at radius 1 is 1.11 bits per heavy atom. The molecule has 0 amide bonds. The summed E-state index contributed by atoms with van der Waals surface area (Å²) in [5.41, 5.74) is 8.12. The lowest BCUT2D eigenvalue weighted by molar-refractivity contribution is -0.112. The molecule has 27 heavy (non-hydrogen) atoms. The van der Waals surface area contributed by atoms with Crippen molar-refractivity contribution in [1.82, 2.24) is 9.99 Å². The van der Waals surface area contributed by atoms with E-state index < -0.39 is 8.15 Å². The molecule has 1 aromatic carbocycles. The predicted octanol–water partition coefficient (Wildman–Crippen LogP) is 3.19. The van der Waals surface area contributed by atoms with E-state index in [1.807, 2.05) is 48.5 Å². The van der Waals surface area contributed by atoms with Gasteiger partial charge in [0, 0.05) is 31.5 Å². The first-order chi connectivity index (χ1) is 13.1. The molecule has 0 aliphatic heterocycles. The predicted molar refractivity (Wildman–Crippen MR) is 110 cm³/mol. The first-order valence-corrected chi connectivity index (χ1v) is 10.5. The maximum atomic E-state index is 12.1. The summed E-state index contributed by atoms with van der Waals surface area (Å²) in [5, 5.41) is 1.54. The van der Waals surface area contributed by atoms with E-state index in [0.717, 1.165) is 24.8 Å². The molecular formula is C20H27N4O2P. The van der Waals surface area contributed by atoms with E-state index in [2.05, 4.69) is 4.98 Å². The standard InChI is InChI=1S/C20H27N4O2P/c21-18(19-11-6-7-13-23-19)15-24(22)14-8-2-5-12-20(25)27(26)16-17-9-3-1-4-10-17/h1,3-4,6-7,9-11,13,15,26H,2,5,8,12,14,16,21-22H2/b18-15-. The van der Waals surface area contributed by atoms with Gasteiger partial charge in [0.05, 0.1) is 19.5 Å².